The van der Waals surface area contributed by atoms with Gasteiger partial charge in [0.25, 0.3) is 0 Å². The molecular weight excluding hydrogens is 242 g/mol. The third kappa shape index (κ3) is 4.45. The van der Waals surface area contributed by atoms with Gasteiger partial charge in [0.05, 0.1) is 40.9 Å². The van der Waals surface area contributed by atoms with Crippen molar-refractivity contribution in [3.63, 3.8) is 0 Å². The van der Waals surface area contributed by atoms with Crippen LogP contribution in [0.2, 0.25) is 0 Å². The van der Waals surface area contributed by atoms with E-state index < -0.39 is 11.9 Å². The number of aromatic nitrogens is 4. The zero-order valence-corrected chi connectivity index (χ0v) is 10.5. The highest BCUT2D eigenvalue weighted by molar-refractivity contribution is 5.74. The summed E-state index contributed by atoms with van der Waals surface area (Å²) in [6.07, 6.45) is 0. The SMILES string of the molecule is COC(=O)CN(CC(=O)OC)Cc1nnn(C)n1. The first kappa shape index (κ1) is 14.0. The van der Waals surface area contributed by atoms with Crippen molar-refractivity contribution < 1.29 is 19.1 Å². The van der Waals surface area contributed by atoms with E-state index in [1.165, 1.54) is 23.9 Å². The largest absolute Gasteiger partial charge is 0.468 e. The van der Waals surface area contributed by atoms with Crippen molar-refractivity contribution in [2.75, 3.05) is 27.3 Å². The van der Waals surface area contributed by atoms with Crippen LogP contribution in [-0.4, -0.2) is 64.4 Å². The van der Waals surface area contributed by atoms with Crippen molar-refractivity contribution in [2.45, 2.75) is 6.54 Å². The molecule has 0 saturated carbocycles. The van der Waals surface area contributed by atoms with Crippen LogP contribution in [0.5, 0.6) is 0 Å². The van der Waals surface area contributed by atoms with Gasteiger partial charge in [0.1, 0.15) is 0 Å². The fraction of sp³-hybridized carbons (Fsp3) is 0.667. The molecule has 0 aliphatic rings. The molecule has 0 fully saturated rings. The van der Waals surface area contributed by atoms with Gasteiger partial charge in [-0.05, 0) is 5.21 Å². The number of carbonyl (C=O) groups excluding carboxylic acids is 2. The molecule has 9 heteroatoms. The lowest BCUT2D eigenvalue weighted by Gasteiger charge is -2.17. The lowest BCUT2D eigenvalue weighted by Crippen LogP contribution is -2.35. The van der Waals surface area contributed by atoms with Gasteiger partial charge in [0.2, 0.25) is 0 Å². The summed E-state index contributed by atoms with van der Waals surface area (Å²) in [6.45, 7) is 0.103. The van der Waals surface area contributed by atoms with E-state index in [4.69, 9.17) is 0 Å². The number of hydrogen-bond donors (Lipinski definition) is 0. The third-order valence-corrected chi connectivity index (χ3v) is 2.08. The van der Waals surface area contributed by atoms with E-state index in [0.717, 1.165) is 0 Å². The quantitative estimate of drug-likeness (QED) is 0.559. The van der Waals surface area contributed by atoms with Crippen molar-refractivity contribution in [2.24, 2.45) is 7.05 Å². The number of esters is 2. The van der Waals surface area contributed by atoms with Crippen LogP contribution in [0.4, 0.5) is 0 Å². The maximum absolute atomic E-state index is 11.2. The summed E-state index contributed by atoms with van der Waals surface area (Å²) in [6, 6.07) is 0. The molecule has 1 rings (SSSR count). The summed E-state index contributed by atoms with van der Waals surface area (Å²) >= 11 is 0. The van der Waals surface area contributed by atoms with Gasteiger partial charge in [-0.2, -0.15) is 4.80 Å². The first-order valence-electron chi connectivity index (χ1n) is 5.14. The van der Waals surface area contributed by atoms with Crippen LogP contribution in [0.3, 0.4) is 0 Å². The van der Waals surface area contributed by atoms with Gasteiger partial charge in [-0.25, -0.2) is 0 Å². The molecule has 0 aliphatic heterocycles. The van der Waals surface area contributed by atoms with Crippen molar-refractivity contribution in [3.05, 3.63) is 5.82 Å². The highest BCUT2D eigenvalue weighted by atomic mass is 16.5. The fourth-order valence-electron chi connectivity index (χ4n) is 1.25. The number of hydrogen-bond acceptors (Lipinski definition) is 8. The topological polar surface area (TPSA) is 99.4 Å². The molecule has 0 aromatic carbocycles. The molecule has 0 atom stereocenters. The molecule has 0 saturated heterocycles. The molecule has 0 bridgehead atoms. The Kier molecular flexibility index (Phi) is 5.18. The monoisotopic (exact) mass is 257 g/mol. The van der Waals surface area contributed by atoms with E-state index in [1.54, 1.807) is 7.05 Å². The average Bonchev–Trinajstić information content (AvgIpc) is 2.74. The zero-order valence-electron chi connectivity index (χ0n) is 10.5. The number of methoxy groups -OCH3 is 2. The number of aryl methyl sites for hydroxylation is 1. The van der Waals surface area contributed by atoms with Crippen molar-refractivity contribution in [1.82, 2.24) is 25.1 Å². The maximum atomic E-state index is 11.2. The Balaban J connectivity index is 2.64. The van der Waals surface area contributed by atoms with Gasteiger partial charge in [0.15, 0.2) is 5.82 Å². The van der Waals surface area contributed by atoms with Gasteiger partial charge in [0, 0.05) is 0 Å². The number of nitrogens with zero attached hydrogens (tertiary/aromatic N) is 5. The predicted molar refractivity (Wildman–Crippen MR) is 58.1 cm³/mol. The number of ether oxygens (including phenoxy) is 2. The molecule has 0 N–H and O–H groups in total. The van der Waals surface area contributed by atoms with E-state index in [2.05, 4.69) is 24.9 Å². The second-order valence-corrected chi connectivity index (χ2v) is 3.49. The summed E-state index contributed by atoms with van der Waals surface area (Å²) in [5.41, 5.74) is 0. The van der Waals surface area contributed by atoms with Gasteiger partial charge in [-0.3, -0.25) is 14.5 Å². The number of rotatable bonds is 6. The Morgan fingerprint density at radius 1 is 1.22 bits per heavy atom. The lowest BCUT2D eigenvalue weighted by molar-refractivity contribution is -0.145. The molecule has 0 aliphatic carbocycles. The molecule has 18 heavy (non-hydrogen) atoms. The Morgan fingerprint density at radius 3 is 2.17 bits per heavy atom. The Bertz CT molecular complexity index is 401. The average molecular weight is 257 g/mol. The maximum Gasteiger partial charge on any atom is 0.319 e. The summed E-state index contributed by atoms with van der Waals surface area (Å²) in [5.74, 6) is -0.504. The van der Waals surface area contributed by atoms with E-state index in [1.807, 2.05) is 0 Å². The van der Waals surface area contributed by atoms with Gasteiger partial charge in [-0.1, -0.05) is 0 Å². The predicted octanol–water partition coefficient (Wildman–Crippen LogP) is -1.64. The molecule has 1 aromatic heterocycles. The van der Waals surface area contributed by atoms with Crippen LogP contribution in [0, 0.1) is 0 Å². The highest BCUT2D eigenvalue weighted by Gasteiger charge is 2.17. The molecule has 1 aromatic rings. The highest BCUT2D eigenvalue weighted by Crippen LogP contribution is 1.98. The molecule has 0 spiro atoms. The van der Waals surface area contributed by atoms with Crippen LogP contribution in [-0.2, 0) is 32.7 Å². The van der Waals surface area contributed by atoms with Crippen LogP contribution in [0.15, 0.2) is 0 Å². The van der Waals surface area contributed by atoms with E-state index in [-0.39, 0.29) is 19.6 Å². The van der Waals surface area contributed by atoms with E-state index in [0.29, 0.717) is 5.82 Å². The first-order valence-corrected chi connectivity index (χ1v) is 5.14. The van der Waals surface area contributed by atoms with Crippen molar-refractivity contribution in [3.8, 4) is 0 Å². The Hall–Kier alpha value is -2.03. The Labute approximate surface area is 104 Å². The summed E-state index contributed by atoms with van der Waals surface area (Å²) < 4.78 is 9.09. The van der Waals surface area contributed by atoms with Crippen molar-refractivity contribution >= 4 is 11.9 Å². The minimum Gasteiger partial charge on any atom is -0.468 e. The molecule has 0 unspecified atom stereocenters. The lowest BCUT2D eigenvalue weighted by atomic mass is 10.4. The molecular formula is C9H15N5O4. The normalized spacial score (nSPS) is 10.4. The standard InChI is InChI=1S/C9H15N5O4/c1-13-11-7(10-12-13)4-14(5-8(15)17-2)6-9(16)18-3/h4-6H2,1-3H3. The summed E-state index contributed by atoms with van der Waals surface area (Å²) in [4.78, 5) is 25.2. The van der Waals surface area contributed by atoms with Crippen LogP contribution in [0.25, 0.3) is 0 Å². The van der Waals surface area contributed by atoms with Crippen LogP contribution < -0.4 is 0 Å². The van der Waals surface area contributed by atoms with E-state index >= 15 is 0 Å². The minimum atomic E-state index is -0.456. The molecule has 0 radical (unpaired) electrons. The second kappa shape index (κ2) is 6.64. The van der Waals surface area contributed by atoms with Gasteiger partial charge >= 0.3 is 11.9 Å². The molecule has 9 nitrogen and oxygen atoms in total. The fourth-order valence-corrected chi connectivity index (χ4v) is 1.25. The molecule has 1 heterocycles. The van der Waals surface area contributed by atoms with E-state index in [9.17, 15) is 9.59 Å². The van der Waals surface area contributed by atoms with Crippen LogP contribution >= 0.6 is 0 Å². The van der Waals surface area contributed by atoms with Crippen LogP contribution in [0.1, 0.15) is 5.82 Å². The third-order valence-electron chi connectivity index (χ3n) is 2.08. The smallest absolute Gasteiger partial charge is 0.319 e. The first-order chi connectivity index (χ1) is 8.55. The van der Waals surface area contributed by atoms with Gasteiger partial charge < -0.3 is 9.47 Å². The minimum absolute atomic E-state index is 0.0517. The summed E-state index contributed by atoms with van der Waals surface area (Å²) in [5, 5.41) is 11.4. The molecule has 0 amide bonds. The number of carbonyl (C=O) groups is 2. The zero-order chi connectivity index (χ0) is 13.5. The summed E-state index contributed by atoms with van der Waals surface area (Å²) in [7, 11) is 4.18. The second-order valence-electron chi connectivity index (χ2n) is 3.49. The van der Waals surface area contributed by atoms with Gasteiger partial charge in [-0.15, -0.1) is 10.2 Å². The number of tetrazole rings is 1. The van der Waals surface area contributed by atoms with Crippen molar-refractivity contribution in [1.29, 1.82) is 0 Å². The Morgan fingerprint density at radius 2 is 1.78 bits per heavy atom. The molecule has 100 valence electrons.